The van der Waals surface area contributed by atoms with E-state index in [1.165, 1.54) is 6.20 Å². The Morgan fingerprint density at radius 1 is 1.44 bits per heavy atom. The number of nitrogens with two attached hydrogens (primary N) is 2. The van der Waals surface area contributed by atoms with Crippen LogP contribution in [0.2, 0.25) is 0 Å². The molecule has 1 saturated heterocycles. The van der Waals surface area contributed by atoms with E-state index in [2.05, 4.69) is 9.97 Å². The smallest absolute Gasteiger partial charge is 0.254 e. The number of carbonyl (C=O) groups is 1. The topological polar surface area (TPSA) is 104 Å². The van der Waals surface area contributed by atoms with Crippen molar-refractivity contribution in [3.8, 4) is 0 Å². The highest BCUT2D eigenvalue weighted by Gasteiger charge is 2.20. The lowest BCUT2D eigenvalue weighted by atomic mass is 9.99. The summed E-state index contributed by atoms with van der Waals surface area (Å²) in [5.41, 5.74) is 10.9. The number of carbonyl (C=O) groups excluding carboxylic acids is 1. The fourth-order valence-corrected chi connectivity index (χ4v) is 1.75. The Morgan fingerprint density at radius 2 is 2.12 bits per heavy atom. The lowest BCUT2D eigenvalue weighted by Gasteiger charge is -2.20. The highest BCUT2D eigenvalue weighted by Crippen LogP contribution is 2.24. The van der Waals surface area contributed by atoms with Crippen molar-refractivity contribution >= 4 is 11.7 Å². The van der Waals surface area contributed by atoms with Gasteiger partial charge in [0.1, 0.15) is 11.6 Å². The summed E-state index contributed by atoms with van der Waals surface area (Å²) in [5, 5.41) is 0. The second kappa shape index (κ2) is 4.44. The van der Waals surface area contributed by atoms with Crippen LogP contribution in [0.5, 0.6) is 0 Å². The van der Waals surface area contributed by atoms with Crippen LogP contribution in [0.4, 0.5) is 5.82 Å². The minimum atomic E-state index is -0.601. The second-order valence-electron chi connectivity index (χ2n) is 3.78. The summed E-state index contributed by atoms with van der Waals surface area (Å²) >= 11 is 0. The first kappa shape index (κ1) is 10.8. The molecule has 6 heteroatoms. The van der Waals surface area contributed by atoms with Gasteiger partial charge in [0.05, 0.1) is 5.56 Å². The predicted octanol–water partition coefficient (Wildman–Crippen LogP) is 0.0517. The van der Waals surface area contributed by atoms with Crippen LogP contribution in [-0.2, 0) is 4.74 Å². The van der Waals surface area contributed by atoms with Crippen molar-refractivity contribution in [2.45, 2.75) is 18.8 Å². The molecule has 1 aromatic heterocycles. The van der Waals surface area contributed by atoms with Crippen molar-refractivity contribution < 1.29 is 9.53 Å². The molecule has 0 atom stereocenters. The SMILES string of the molecule is NC(=O)c1cnc(C2CCOCC2)nc1N. The summed E-state index contributed by atoms with van der Waals surface area (Å²) in [5.74, 6) is 0.490. The van der Waals surface area contributed by atoms with Gasteiger partial charge in [-0.3, -0.25) is 4.79 Å². The first-order chi connectivity index (χ1) is 7.68. The summed E-state index contributed by atoms with van der Waals surface area (Å²) in [7, 11) is 0. The molecule has 1 aliphatic rings. The minimum Gasteiger partial charge on any atom is -0.383 e. The molecule has 0 aliphatic carbocycles. The van der Waals surface area contributed by atoms with Gasteiger partial charge in [-0.1, -0.05) is 0 Å². The van der Waals surface area contributed by atoms with Gasteiger partial charge in [0.25, 0.3) is 5.91 Å². The molecule has 0 unspecified atom stereocenters. The second-order valence-corrected chi connectivity index (χ2v) is 3.78. The summed E-state index contributed by atoms with van der Waals surface area (Å²) in [6.07, 6.45) is 3.17. The van der Waals surface area contributed by atoms with Gasteiger partial charge in [0, 0.05) is 25.3 Å². The largest absolute Gasteiger partial charge is 0.383 e. The molecule has 0 saturated carbocycles. The predicted molar refractivity (Wildman–Crippen MR) is 57.8 cm³/mol. The van der Waals surface area contributed by atoms with E-state index in [9.17, 15) is 4.79 Å². The van der Waals surface area contributed by atoms with Crippen molar-refractivity contribution in [3.63, 3.8) is 0 Å². The van der Waals surface area contributed by atoms with Gasteiger partial charge in [-0.05, 0) is 12.8 Å². The highest BCUT2D eigenvalue weighted by molar-refractivity contribution is 5.96. The number of nitrogens with zero attached hydrogens (tertiary/aromatic N) is 2. The van der Waals surface area contributed by atoms with E-state index in [1.54, 1.807) is 0 Å². The molecule has 0 radical (unpaired) electrons. The molecule has 2 heterocycles. The van der Waals surface area contributed by atoms with Crippen molar-refractivity contribution in [3.05, 3.63) is 17.6 Å². The molecular weight excluding hydrogens is 208 g/mol. The molecule has 1 aliphatic heterocycles. The van der Waals surface area contributed by atoms with Crippen molar-refractivity contribution in [2.75, 3.05) is 18.9 Å². The fraction of sp³-hybridized carbons (Fsp3) is 0.500. The van der Waals surface area contributed by atoms with E-state index >= 15 is 0 Å². The maximum atomic E-state index is 11.0. The van der Waals surface area contributed by atoms with Gasteiger partial charge in [-0.2, -0.15) is 0 Å². The van der Waals surface area contributed by atoms with Gasteiger partial charge in [-0.25, -0.2) is 9.97 Å². The molecule has 0 bridgehead atoms. The summed E-state index contributed by atoms with van der Waals surface area (Å²) in [6.45, 7) is 1.43. The Kier molecular flexibility index (Phi) is 3.00. The van der Waals surface area contributed by atoms with Crippen LogP contribution >= 0.6 is 0 Å². The van der Waals surface area contributed by atoms with Crippen LogP contribution in [0.1, 0.15) is 34.9 Å². The van der Waals surface area contributed by atoms with E-state index in [1.807, 2.05) is 0 Å². The number of primary amides is 1. The molecule has 0 aromatic carbocycles. The quantitative estimate of drug-likeness (QED) is 0.735. The van der Waals surface area contributed by atoms with Crippen molar-refractivity contribution in [1.82, 2.24) is 9.97 Å². The van der Waals surface area contributed by atoms with Crippen LogP contribution in [-0.4, -0.2) is 29.1 Å². The number of anilines is 1. The Labute approximate surface area is 93.0 Å². The summed E-state index contributed by atoms with van der Waals surface area (Å²) < 4.78 is 5.25. The third-order valence-corrected chi connectivity index (χ3v) is 2.69. The molecule has 1 fully saturated rings. The molecule has 1 aromatic rings. The summed E-state index contributed by atoms with van der Waals surface area (Å²) in [4.78, 5) is 19.2. The van der Waals surface area contributed by atoms with Crippen LogP contribution in [0.25, 0.3) is 0 Å². The van der Waals surface area contributed by atoms with Gasteiger partial charge in [-0.15, -0.1) is 0 Å². The number of hydrogen-bond donors (Lipinski definition) is 2. The van der Waals surface area contributed by atoms with Gasteiger partial charge < -0.3 is 16.2 Å². The number of aromatic nitrogens is 2. The molecule has 16 heavy (non-hydrogen) atoms. The van der Waals surface area contributed by atoms with Crippen LogP contribution in [0, 0.1) is 0 Å². The lowest BCUT2D eigenvalue weighted by Crippen LogP contribution is -2.19. The molecule has 2 rings (SSSR count). The number of hydrogen-bond acceptors (Lipinski definition) is 5. The average Bonchev–Trinajstić information content (AvgIpc) is 2.29. The van der Waals surface area contributed by atoms with Crippen LogP contribution in [0.15, 0.2) is 6.20 Å². The number of nitrogen functional groups attached to an aromatic ring is 1. The maximum Gasteiger partial charge on any atom is 0.254 e. The Morgan fingerprint density at radius 3 is 2.69 bits per heavy atom. The average molecular weight is 222 g/mol. The first-order valence-electron chi connectivity index (χ1n) is 5.18. The molecule has 0 spiro atoms. The normalized spacial score (nSPS) is 17.2. The molecule has 86 valence electrons. The number of amides is 1. The fourth-order valence-electron chi connectivity index (χ4n) is 1.75. The van der Waals surface area contributed by atoms with E-state index < -0.39 is 5.91 Å². The van der Waals surface area contributed by atoms with E-state index in [-0.39, 0.29) is 17.3 Å². The zero-order valence-electron chi connectivity index (χ0n) is 8.85. The molecule has 1 amide bonds. The third-order valence-electron chi connectivity index (χ3n) is 2.69. The molecule has 4 N–H and O–H groups in total. The van der Waals surface area contributed by atoms with E-state index in [0.29, 0.717) is 19.0 Å². The first-order valence-corrected chi connectivity index (χ1v) is 5.18. The zero-order valence-corrected chi connectivity index (χ0v) is 8.85. The molecular formula is C10H14N4O2. The summed E-state index contributed by atoms with van der Waals surface area (Å²) in [6, 6.07) is 0. The van der Waals surface area contributed by atoms with Crippen molar-refractivity contribution in [1.29, 1.82) is 0 Å². The number of ether oxygens (including phenoxy) is 1. The van der Waals surface area contributed by atoms with Gasteiger partial charge in [0.15, 0.2) is 0 Å². The zero-order chi connectivity index (χ0) is 11.5. The monoisotopic (exact) mass is 222 g/mol. The van der Waals surface area contributed by atoms with E-state index in [0.717, 1.165) is 12.8 Å². The Balaban J connectivity index is 2.23. The van der Waals surface area contributed by atoms with Crippen LogP contribution < -0.4 is 11.5 Å². The van der Waals surface area contributed by atoms with Gasteiger partial charge >= 0.3 is 0 Å². The standard InChI is InChI=1S/C10H14N4O2/c11-8-7(9(12)15)5-13-10(14-8)6-1-3-16-4-2-6/h5-6H,1-4H2,(H2,12,15)(H2,11,13,14). The lowest BCUT2D eigenvalue weighted by molar-refractivity contribution is 0.0835. The third kappa shape index (κ3) is 2.11. The minimum absolute atomic E-state index is 0.156. The maximum absolute atomic E-state index is 11.0. The van der Waals surface area contributed by atoms with E-state index in [4.69, 9.17) is 16.2 Å². The van der Waals surface area contributed by atoms with Gasteiger partial charge in [0.2, 0.25) is 0 Å². The molecule has 6 nitrogen and oxygen atoms in total. The Hall–Kier alpha value is -1.69. The highest BCUT2D eigenvalue weighted by atomic mass is 16.5. The van der Waals surface area contributed by atoms with Crippen LogP contribution in [0.3, 0.4) is 0 Å². The van der Waals surface area contributed by atoms with Crippen molar-refractivity contribution in [2.24, 2.45) is 5.73 Å². The Bertz CT molecular complexity index is 402. The number of rotatable bonds is 2.